The number of amides is 1. The van der Waals surface area contributed by atoms with E-state index in [1.807, 2.05) is 26.0 Å². The molecule has 6 heteroatoms. The van der Waals surface area contributed by atoms with Gasteiger partial charge in [0.2, 0.25) is 5.91 Å². The first-order chi connectivity index (χ1) is 11.0. The summed E-state index contributed by atoms with van der Waals surface area (Å²) >= 11 is 1.71. The average molecular weight is 330 g/mol. The van der Waals surface area contributed by atoms with Gasteiger partial charge in [0.1, 0.15) is 5.82 Å². The van der Waals surface area contributed by atoms with Crippen LogP contribution < -0.4 is 10.2 Å². The van der Waals surface area contributed by atoms with Crippen molar-refractivity contribution in [3.05, 3.63) is 34.5 Å². The van der Waals surface area contributed by atoms with Crippen LogP contribution >= 0.6 is 11.3 Å². The number of carbonyl (C=O) groups excluding carboxylic acids is 1. The van der Waals surface area contributed by atoms with Crippen LogP contribution in [0.15, 0.2) is 18.3 Å². The number of nitrogens with zero attached hydrogens (tertiary/aromatic N) is 3. The van der Waals surface area contributed by atoms with Crippen LogP contribution in [0.3, 0.4) is 0 Å². The van der Waals surface area contributed by atoms with Crippen molar-refractivity contribution in [2.24, 2.45) is 5.92 Å². The lowest BCUT2D eigenvalue weighted by atomic mass is 9.97. The van der Waals surface area contributed by atoms with E-state index in [0.717, 1.165) is 42.3 Å². The molecule has 3 rings (SSSR count). The SMILES string of the molecule is Cc1cccnc1NC(=O)[C@H]1CCCN(c2nc(C)c(C)s2)C1. The molecule has 1 amide bonds. The second kappa shape index (κ2) is 6.66. The zero-order chi connectivity index (χ0) is 16.4. The standard InChI is InChI=1S/C17H22N4OS/c1-11-6-4-8-18-15(11)20-16(22)14-7-5-9-21(10-14)17-19-12(2)13(3)23-17/h4,6,8,14H,5,7,9-10H2,1-3H3,(H,18,20,22)/t14-/m0/s1. The van der Waals surface area contributed by atoms with E-state index in [1.54, 1.807) is 17.5 Å². The Balaban J connectivity index is 1.68. The second-order valence-electron chi connectivity index (χ2n) is 6.08. The molecule has 1 atom stereocenters. The minimum atomic E-state index is -0.0188. The van der Waals surface area contributed by atoms with Gasteiger partial charge in [0.25, 0.3) is 0 Å². The summed E-state index contributed by atoms with van der Waals surface area (Å²) in [5.41, 5.74) is 2.07. The predicted molar refractivity (Wildman–Crippen MR) is 94.1 cm³/mol. The van der Waals surface area contributed by atoms with Crippen LogP contribution in [0.2, 0.25) is 0 Å². The van der Waals surface area contributed by atoms with E-state index < -0.39 is 0 Å². The minimum Gasteiger partial charge on any atom is -0.347 e. The molecule has 122 valence electrons. The van der Waals surface area contributed by atoms with Gasteiger partial charge in [-0.1, -0.05) is 6.07 Å². The van der Waals surface area contributed by atoms with Crippen LogP contribution in [0.1, 0.15) is 29.0 Å². The number of rotatable bonds is 3. The second-order valence-corrected chi connectivity index (χ2v) is 7.26. The molecule has 0 saturated carbocycles. The van der Waals surface area contributed by atoms with Gasteiger partial charge >= 0.3 is 0 Å². The molecule has 23 heavy (non-hydrogen) atoms. The molecule has 0 aromatic carbocycles. The molecule has 1 saturated heterocycles. The smallest absolute Gasteiger partial charge is 0.230 e. The summed E-state index contributed by atoms with van der Waals surface area (Å²) in [4.78, 5) is 24.9. The van der Waals surface area contributed by atoms with E-state index in [0.29, 0.717) is 5.82 Å². The number of hydrogen-bond donors (Lipinski definition) is 1. The molecule has 3 heterocycles. The Morgan fingerprint density at radius 3 is 2.91 bits per heavy atom. The molecule has 5 nitrogen and oxygen atoms in total. The van der Waals surface area contributed by atoms with Crippen molar-refractivity contribution >= 4 is 28.2 Å². The van der Waals surface area contributed by atoms with Crippen molar-refractivity contribution in [1.82, 2.24) is 9.97 Å². The number of aryl methyl sites for hydroxylation is 3. The number of aromatic nitrogens is 2. The largest absolute Gasteiger partial charge is 0.347 e. The molecule has 1 fully saturated rings. The first-order valence-electron chi connectivity index (χ1n) is 7.96. The van der Waals surface area contributed by atoms with Crippen LogP contribution in [-0.4, -0.2) is 29.0 Å². The maximum absolute atomic E-state index is 12.6. The van der Waals surface area contributed by atoms with E-state index in [2.05, 4.69) is 27.1 Å². The molecule has 0 aliphatic carbocycles. The first kappa shape index (κ1) is 15.9. The third-order valence-electron chi connectivity index (χ3n) is 4.33. The Morgan fingerprint density at radius 1 is 1.39 bits per heavy atom. The van der Waals surface area contributed by atoms with Gasteiger partial charge in [0, 0.05) is 24.2 Å². The van der Waals surface area contributed by atoms with Crippen molar-refractivity contribution < 1.29 is 4.79 Å². The Hall–Kier alpha value is -1.95. The molecule has 2 aromatic rings. The molecule has 0 bridgehead atoms. The van der Waals surface area contributed by atoms with E-state index in [-0.39, 0.29) is 11.8 Å². The lowest BCUT2D eigenvalue weighted by Crippen LogP contribution is -2.40. The van der Waals surface area contributed by atoms with Gasteiger partial charge in [0.05, 0.1) is 11.6 Å². The van der Waals surface area contributed by atoms with Crippen molar-refractivity contribution in [2.75, 3.05) is 23.3 Å². The van der Waals surface area contributed by atoms with Gasteiger partial charge in [-0.15, -0.1) is 11.3 Å². The Kier molecular flexibility index (Phi) is 4.61. The molecule has 0 spiro atoms. The third-order valence-corrected chi connectivity index (χ3v) is 5.46. The Bertz CT molecular complexity index is 693. The van der Waals surface area contributed by atoms with Crippen LogP contribution in [0.4, 0.5) is 10.9 Å². The first-order valence-corrected chi connectivity index (χ1v) is 8.77. The lowest BCUT2D eigenvalue weighted by Gasteiger charge is -2.31. The fourth-order valence-electron chi connectivity index (χ4n) is 2.79. The number of nitrogens with one attached hydrogen (secondary N) is 1. The van der Waals surface area contributed by atoms with Crippen LogP contribution in [0.25, 0.3) is 0 Å². The Morgan fingerprint density at radius 2 is 2.22 bits per heavy atom. The summed E-state index contributed by atoms with van der Waals surface area (Å²) in [6.45, 7) is 7.78. The molecular formula is C17H22N4OS. The topological polar surface area (TPSA) is 58.1 Å². The highest BCUT2D eigenvalue weighted by atomic mass is 32.1. The van der Waals surface area contributed by atoms with Gasteiger partial charge in [-0.3, -0.25) is 4.79 Å². The van der Waals surface area contributed by atoms with E-state index in [1.165, 1.54) is 4.88 Å². The normalized spacial score (nSPS) is 18.0. The lowest BCUT2D eigenvalue weighted by molar-refractivity contribution is -0.120. The third kappa shape index (κ3) is 3.52. The van der Waals surface area contributed by atoms with Crippen LogP contribution in [0.5, 0.6) is 0 Å². The van der Waals surface area contributed by atoms with Crippen molar-refractivity contribution in [3.63, 3.8) is 0 Å². The van der Waals surface area contributed by atoms with Crippen molar-refractivity contribution in [3.8, 4) is 0 Å². The zero-order valence-electron chi connectivity index (χ0n) is 13.8. The monoisotopic (exact) mass is 330 g/mol. The maximum Gasteiger partial charge on any atom is 0.230 e. The minimum absolute atomic E-state index is 0.0188. The van der Waals surface area contributed by atoms with Gasteiger partial charge in [0.15, 0.2) is 5.13 Å². The zero-order valence-corrected chi connectivity index (χ0v) is 14.6. The average Bonchev–Trinajstić information content (AvgIpc) is 2.89. The molecule has 1 N–H and O–H groups in total. The summed E-state index contributed by atoms with van der Waals surface area (Å²) in [5.74, 6) is 0.701. The fraction of sp³-hybridized carbons (Fsp3) is 0.471. The highest BCUT2D eigenvalue weighted by molar-refractivity contribution is 7.15. The number of piperidine rings is 1. The number of anilines is 2. The van der Waals surface area contributed by atoms with Crippen molar-refractivity contribution in [2.45, 2.75) is 33.6 Å². The van der Waals surface area contributed by atoms with Gasteiger partial charge in [-0.2, -0.15) is 0 Å². The molecule has 1 aliphatic rings. The summed E-state index contributed by atoms with van der Waals surface area (Å²) < 4.78 is 0. The highest BCUT2D eigenvalue weighted by Gasteiger charge is 2.28. The maximum atomic E-state index is 12.6. The molecule has 1 aliphatic heterocycles. The summed E-state index contributed by atoms with van der Waals surface area (Å²) in [7, 11) is 0. The molecule has 0 radical (unpaired) electrons. The summed E-state index contributed by atoms with van der Waals surface area (Å²) in [5, 5.41) is 4.01. The summed E-state index contributed by atoms with van der Waals surface area (Å²) in [6.07, 6.45) is 3.63. The quantitative estimate of drug-likeness (QED) is 0.938. The van der Waals surface area contributed by atoms with Gasteiger partial charge < -0.3 is 10.2 Å². The number of carbonyl (C=O) groups is 1. The van der Waals surface area contributed by atoms with E-state index in [9.17, 15) is 4.79 Å². The van der Waals surface area contributed by atoms with Gasteiger partial charge in [-0.05, 0) is 45.2 Å². The highest BCUT2D eigenvalue weighted by Crippen LogP contribution is 2.29. The van der Waals surface area contributed by atoms with Crippen LogP contribution in [-0.2, 0) is 4.79 Å². The molecule has 0 unspecified atom stereocenters. The number of pyridine rings is 1. The molecule has 2 aromatic heterocycles. The van der Waals surface area contributed by atoms with Crippen molar-refractivity contribution in [1.29, 1.82) is 0 Å². The van der Waals surface area contributed by atoms with E-state index >= 15 is 0 Å². The fourth-order valence-corrected chi connectivity index (χ4v) is 3.74. The van der Waals surface area contributed by atoms with Crippen LogP contribution in [0, 0.1) is 26.7 Å². The van der Waals surface area contributed by atoms with Gasteiger partial charge in [-0.25, -0.2) is 9.97 Å². The molecular weight excluding hydrogens is 308 g/mol. The predicted octanol–water partition coefficient (Wildman–Crippen LogP) is 3.32. The summed E-state index contributed by atoms with van der Waals surface area (Å²) in [6, 6.07) is 3.83. The van der Waals surface area contributed by atoms with E-state index in [4.69, 9.17) is 0 Å². The number of thiazole rings is 1. The Labute approximate surface area is 140 Å². The number of hydrogen-bond acceptors (Lipinski definition) is 5.